The van der Waals surface area contributed by atoms with Gasteiger partial charge >= 0.3 is 6.03 Å². The molecule has 5 amide bonds. The lowest BCUT2D eigenvalue weighted by Gasteiger charge is -2.36. The van der Waals surface area contributed by atoms with Gasteiger partial charge in [0, 0.05) is 80.6 Å². The number of benzene rings is 3. The lowest BCUT2D eigenvalue weighted by atomic mass is 10.00. The number of halogens is 1. The molecule has 3 aliphatic rings. The molecule has 3 aliphatic heterocycles. The Hall–Kier alpha value is -6.26. The van der Waals surface area contributed by atoms with Crippen LogP contribution in [-0.2, 0) is 22.7 Å². The summed E-state index contributed by atoms with van der Waals surface area (Å²) in [6.45, 7) is 4.27. The number of hydrogen-bond donors (Lipinski definition) is 3. The van der Waals surface area contributed by atoms with Crippen molar-refractivity contribution in [1.82, 2.24) is 30.3 Å². The summed E-state index contributed by atoms with van der Waals surface area (Å²) < 4.78 is 14.4. The smallest absolute Gasteiger partial charge is 0.329 e. The molecule has 1 atom stereocenters. The number of urea groups is 1. The van der Waals surface area contributed by atoms with Crippen LogP contribution in [0.2, 0.25) is 0 Å². The summed E-state index contributed by atoms with van der Waals surface area (Å²) in [4.78, 5) is 62.5. The van der Waals surface area contributed by atoms with E-state index in [2.05, 4.69) is 47.7 Å². The maximum atomic E-state index is 14.4. The van der Waals surface area contributed by atoms with Crippen LogP contribution in [0, 0.1) is 5.82 Å². The first-order chi connectivity index (χ1) is 26.2. The Morgan fingerprint density at radius 1 is 0.926 bits per heavy atom. The van der Waals surface area contributed by atoms with Crippen molar-refractivity contribution in [3.05, 3.63) is 113 Å². The molecule has 0 spiro atoms. The fraction of sp³-hybridized carbons (Fsp3) is 0.237. The predicted molar refractivity (Wildman–Crippen MR) is 198 cm³/mol. The molecule has 8 rings (SSSR count). The number of piperazine rings is 1. The average Bonchev–Trinajstić information content (AvgIpc) is 3.81. The Labute approximate surface area is 312 Å². The Morgan fingerprint density at radius 3 is 2.44 bits per heavy atom. The minimum absolute atomic E-state index is 0.0189. The van der Waals surface area contributed by atoms with E-state index in [0.717, 1.165) is 66.4 Å². The molecular formula is C38H34FN9O5S. The highest BCUT2D eigenvalue weighted by Crippen LogP contribution is 2.38. The second kappa shape index (κ2) is 14.6. The van der Waals surface area contributed by atoms with Crippen LogP contribution in [0.3, 0.4) is 0 Å². The number of phenolic OH excluding ortho intramolecular Hbond substituents is 1. The van der Waals surface area contributed by atoms with E-state index in [4.69, 9.17) is 0 Å². The van der Waals surface area contributed by atoms with Crippen molar-refractivity contribution in [2.75, 3.05) is 47.8 Å². The maximum absolute atomic E-state index is 14.4. The van der Waals surface area contributed by atoms with Gasteiger partial charge in [-0.3, -0.25) is 34.8 Å². The molecule has 2 saturated heterocycles. The van der Waals surface area contributed by atoms with E-state index in [1.807, 2.05) is 36.4 Å². The number of fused-ring (bicyclic) bond motifs is 1. The third-order valence-electron chi connectivity index (χ3n) is 9.81. The van der Waals surface area contributed by atoms with Crippen LogP contribution in [-0.4, -0.2) is 86.6 Å². The molecular weight excluding hydrogens is 714 g/mol. The van der Waals surface area contributed by atoms with Crippen LogP contribution < -0.4 is 20.4 Å². The van der Waals surface area contributed by atoms with Crippen molar-refractivity contribution in [3.63, 3.8) is 0 Å². The molecule has 0 aliphatic carbocycles. The zero-order chi connectivity index (χ0) is 37.3. The maximum Gasteiger partial charge on any atom is 0.329 e. The van der Waals surface area contributed by atoms with Gasteiger partial charge in [0.05, 0.1) is 5.69 Å². The molecule has 14 nitrogen and oxygen atoms in total. The molecule has 54 heavy (non-hydrogen) atoms. The Balaban J connectivity index is 0.909. The highest BCUT2D eigenvalue weighted by molar-refractivity contribution is 7.13. The number of imide groups is 1. The van der Waals surface area contributed by atoms with E-state index in [9.17, 15) is 28.7 Å². The highest BCUT2D eigenvalue weighted by Gasteiger charge is 2.39. The SMILES string of the molecule is O=C1CCN(c2ccc(CN3CCN(c4ccc(-c5ccc6c(c5)C(=O)N(C(C(=O)Nc5nccs5)c5cc(F)ccc5O)C6)cc4)CC3)nn2)C(=O)N1. The van der Waals surface area contributed by atoms with E-state index in [-0.39, 0.29) is 36.7 Å². The number of amides is 5. The lowest BCUT2D eigenvalue weighted by molar-refractivity contribution is -0.121. The van der Waals surface area contributed by atoms with Crippen molar-refractivity contribution in [2.24, 2.45) is 0 Å². The largest absolute Gasteiger partial charge is 0.508 e. The third kappa shape index (κ3) is 7.08. The molecule has 16 heteroatoms. The second-order valence-corrected chi connectivity index (χ2v) is 14.1. The number of aromatic hydroxyl groups is 1. The minimum atomic E-state index is -1.30. The average molecular weight is 748 g/mol. The summed E-state index contributed by atoms with van der Waals surface area (Å²) in [6.07, 6.45) is 1.76. The molecule has 5 heterocycles. The third-order valence-corrected chi connectivity index (χ3v) is 10.5. The Morgan fingerprint density at radius 2 is 1.72 bits per heavy atom. The minimum Gasteiger partial charge on any atom is -0.508 e. The number of hydrogen-bond acceptors (Lipinski definition) is 11. The van der Waals surface area contributed by atoms with E-state index in [1.165, 1.54) is 33.4 Å². The van der Waals surface area contributed by atoms with Gasteiger partial charge in [-0.05, 0) is 65.2 Å². The zero-order valence-corrected chi connectivity index (χ0v) is 29.6. The molecule has 0 bridgehead atoms. The fourth-order valence-electron chi connectivity index (χ4n) is 6.99. The molecule has 1 unspecified atom stereocenters. The van der Waals surface area contributed by atoms with E-state index in [1.54, 1.807) is 11.4 Å². The lowest BCUT2D eigenvalue weighted by Crippen LogP contribution is -2.50. The second-order valence-electron chi connectivity index (χ2n) is 13.2. The Bertz CT molecular complexity index is 2230. The van der Waals surface area contributed by atoms with Gasteiger partial charge in [0.2, 0.25) is 5.91 Å². The fourth-order valence-corrected chi connectivity index (χ4v) is 7.52. The number of anilines is 3. The number of nitrogens with one attached hydrogen (secondary N) is 2. The van der Waals surface area contributed by atoms with Crippen LogP contribution in [0.15, 0.2) is 84.4 Å². The molecule has 3 aromatic carbocycles. The number of nitrogens with zero attached hydrogens (tertiary/aromatic N) is 7. The van der Waals surface area contributed by atoms with Gasteiger partial charge in [-0.15, -0.1) is 16.4 Å². The van der Waals surface area contributed by atoms with Crippen molar-refractivity contribution in [2.45, 2.75) is 25.6 Å². The molecule has 2 aromatic heterocycles. The van der Waals surface area contributed by atoms with E-state index in [0.29, 0.717) is 23.1 Å². The van der Waals surface area contributed by atoms with E-state index >= 15 is 0 Å². The molecule has 0 radical (unpaired) electrons. The van der Waals surface area contributed by atoms with Gasteiger partial charge in [0.15, 0.2) is 10.9 Å². The number of aromatic nitrogens is 3. The summed E-state index contributed by atoms with van der Waals surface area (Å²) in [5.41, 5.74) is 4.76. The van der Waals surface area contributed by atoms with Crippen molar-refractivity contribution in [3.8, 4) is 16.9 Å². The molecule has 2 fully saturated rings. The van der Waals surface area contributed by atoms with Gasteiger partial charge in [0.1, 0.15) is 17.6 Å². The van der Waals surface area contributed by atoms with Gasteiger partial charge in [0.25, 0.3) is 11.8 Å². The van der Waals surface area contributed by atoms with E-state index < -0.39 is 29.7 Å². The Kier molecular flexibility index (Phi) is 9.43. The van der Waals surface area contributed by atoms with Crippen molar-refractivity contribution in [1.29, 1.82) is 0 Å². The molecule has 3 N–H and O–H groups in total. The summed E-state index contributed by atoms with van der Waals surface area (Å²) in [5, 5.41) is 26.2. The zero-order valence-electron chi connectivity index (χ0n) is 28.8. The summed E-state index contributed by atoms with van der Waals surface area (Å²) in [6, 6.07) is 18.9. The number of phenols is 1. The van der Waals surface area contributed by atoms with Crippen LogP contribution in [0.5, 0.6) is 5.75 Å². The number of thiazole rings is 1. The van der Waals surface area contributed by atoms with Gasteiger partial charge in [-0.2, -0.15) is 5.10 Å². The first kappa shape index (κ1) is 34.8. The van der Waals surface area contributed by atoms with Crippen LogP contribution in [0.4, 0.5) is 25.8 Å². The quantitative estimate of drug-likeness (QED) is 0.195. The van der Waals surface area contributed by atoms with Crippen LogP contribution in [0.25, 0.3) is 11.1 Å². The van der Waals surface area contributed by atoms with Crippen LogP contribution in [0.1, 0.15) is 39.6 Å². The van der Waals surface area contributed by atoms with Crippen LogP contribution >= 0.6 is 11.3 Å². The van der Waals surface area contributed by atoms with Crippen molar-refractivity contribution >= 4 is 51.7 Å². The van der Waals surface area contributed by atoms with Gasteiger partial charge < -0.3 is 14.9 Å². The van der Waals surface area contributed by atoms with Gasteiger partial charge in [-0.1, -0.05) is 24.3 Å². The summed E-state index contributed by atoms with van der Waals surface area (Å²) in [7, 11) is 0. The predicted octanol–water partition coefficient (Wildman–Crippen LogP) is 4.55. The number of carbonyl (C=O) groups is 4. The molecule has 0 saturated carbocycles. The van der Waals surface area contributed by atoms with Crippen molar-refractivity contribution < 1.29 is 28.7 Å². The summed E-state index contributed by atoms with van der Waals surface area (Å²) in [5.74, 6) is -1.85. The van der Waals surface area contributed by atoms with Gasteiger partial charge in [-0.25, -0.2) is 14.2 Å². The molecule has 5 aromatic rings. The first-order valence-electron chi connectivity index (χ1n) is 17.3. The number of carbonyl (C=O) groups excluding carboxylic acids is 4. The normalized spacial score (nSPS) is 16.7. The number of rotatable bonds is 9. The summed E-state index contributed by atoms with van der Waals surface area (Å²) >= 11 is 1.21. The molecule has 274 valence electrons. The first-order valence-corrected chi connectivity index (χ1v) is 18.2. The monoisotopic (exact) mass is 747 g/mol. The topological polar surface area (TPSA) is 164 Å². The standard InChI is InChI=1S/C38H34FN9O5S/c39-26-5-9-31(49)30(20-26)34(35(51)42-37-40-12-18-54-37)48-21-25-2-1-24(19-29(25)36(48)52)23-3-7-28(8-4-23)46-16-14-45(15-17-46)22-27-6-10-32(44-43-27)47-13-11-33(50)41-38(47)53/h1-10,12,18-20,34,49H,11,13-17,21-22H2,(H,40,42,51)(H,41,50,53). The highest BCUT2D eigenvalue weighted by atomic mass is 32.1.